The largest absolute Gasteiger partial charge is 0.330 e. The van der Waals surface area contributed by atoms with Gasteiger partial charge in [0.25, 0.3) is 0 Å². The number of nitrogens with two attached hydrogens (primary N) is 2. The van der Waals surface area contributed by atoms with E-state index in [1.165, 1.54) is 89.9 Å². The summed E-state index contributed by atoms with van der Waals surface area (Å²) in [4.78, 5) is 0. The number of hydrogen-bond acceptors (Lipinski definition) is 7. The Morgan fingerprint density at radius 3 is 1.36 bits per heavy atom. The third kappa shape index (κ3) is 29.1. The van der Waals surface area contributed by atoms with Gasteiger partial charge in [0.05, 0.1) is 5.75 Å². The summed E-state index contributed by atoms with van der Waals surface area (Å²) >= 11 is 0. The molecule has 0 aromatic carbocycles. The van der Waals surface area contributed by atoms with Crippen molar-refractivity contribution in [2.45, 2.75) is 147 Å². The van der Waals surface area contributed by atoms with Gasteiger partial charge in [-0.15, -0.1) is 0 Å². The van der Waals surface area contributed by atoms with Crippen molar-refractivity contribution < 1.29 is 8.42 Å². The van der Waals surface area contributed by atoms with Gasteiger partial charge in [-0.25, -0.2) is 8.42 Å². The molecule has 236 valence electrons. The van der Waals surface area contributed by atoms with Gasteiger partial charge in [-0.3, -0.25) is 0 Å². The molecule has 0 amide bonds. The summed E-state index contributed by atoms with van der Waals surface area (Å²) in [6.45, 7) is 9.09. The third-order valence-corrected chi connectivity index (χ3v) is 9.57. The lowest BCUT2D eigenvalue weighted by Crippen LogP contribution is -2.33. The molecule has 0 spiro atoms. The highest BCUT2D eigenvalue weighted by atomic mass is 32.2. The van der Waals surface area contributed by atoms with E-state index in [0.29, 0.717) is 6.42 Å². The summed E-state index contributed by atoms with van der Waals surface area (Å²) < 4.78 is 25.0. The Balaban J connectivity index is 3.42. The highest BCUT2D eigenvalue weighted by Crippen LogP contribution is 2.14. The Hall–Kier alpha value is -0.250. The summed E-state index contributed by atoms with van der Waals surface area (Å²) in [7, 11) is -3.17. The molecule has 0 saturated heterocycles. The maximum atomic E-state index is 12.5. The molecule has 7 N–H and O–H groups in total. The Morgan fingerprint density at radius 2 is 0.897 bits per heavy atom. The molecule has 0 fully saturated rings. The molecule has 1 atom stereocenters. The molecule has 0 saturated carbocycles. The van der Waals surface area contributed by atoms with Crippen molar-refractivity contribution in [2.24, 2.45) is 11.5 Å². The Kier molecular flexibility index (Phi) is 30.5. The van der Waals surface area contributed by atoms with E-state index in [9.17, 15) is 8.42 Å². The van der Waals surface area contributed by atoms with E-state index in [-0.39, 0.29) is 5.75 Å². The van der Waals surface area contributed by atoms with Crippen LogP contribution in [0.5, 0.6) is 0 Å². The molecular weight excluding hydrogens is 506 g/mol. The van der Waals surface area contributed by atoms with E-state index in [0.717, 1.165) is 84.3 Å². The van der Waals surface area contributed by atoms with Crippen LogP contribution in [-0.2, 0) is 9.84 Å². The monoisotopic (exact) mass is 576 g/mol. The van der Waals surface area contributed by atoms with Gasteiger partial charge >= 0.3 is 0 Å². The molecule has 0 aromatic rings. The molecular formula is C31H69N5O2S. The second-order valence-electron chi connectivity index (χ2n) is 11.5. The van der Waals surface area contributed by atoms with Gasteiger partial charge in [-0.1, -0.05) is 90.4 Å². The standard InChI is InChI=1S/C31H69N5O2S/c1-2-3-4-5-6-7-8-9-10-11-12-13-14-19-30-39(37,38)31(33)22-20-27-36-29-21-28-35-26-18-17-25-34-24-16-15-23-32/h31,34-36H,2-30,32-33H2,1H3. The lowest BCUT2D eigenvalue weighted by atomic mass is 10.0. The Labute approximate surface area is 244 Å². The SMILES string of the molecule is CCCCCCCCCCCCCCCCS(=O)(=O)C(N)CCCNCCCNCCCCNCCCCN. The van der Waals surface area contributed by atoms with Gasteiger partial charge in [-0.2, -0.15) is 0 Å². The molecule has 0 aliphatic heterocycles. The number of nitrogens with one attached hydrogen (secondary N) is 3. The van der Waals surface area contributed by atoms with Crippen molar-refractivity contribution in [1.82, 2.24) is 16.0 Å². The van der Waals surface area contributed by atoms with Crippen LogP contribution in [0.2, 0.25) is 0 Å². The van der Waals surface area contributed by atoms with Crippen molar-refractivity contribution in [3.8, 4) is 0 Å². The van der Waals surface area contributed by atoms with Gasteiger partial charge in [0, 0.05) is 0 Å². The van der Waals surface area contributed by atoms with Crippen molar-refractivity contribution in [1.29, 1.82) is 0 Å². The minimum absolute atomic E-state index is 0.246. The molecule has 0 heterocycles. The van der Waals surface area contributed by atoms with E-state index in [1.807, 2.05) is 0 Å². The average Bonchev–Trinajstić information content (AvgIpc) is 2.92. The fourth-order valence-corrected chi connectivity index (χ4v) is 6.30. The number of unbranched alkanes of at least 4 members (excludes halogenated alkanes) is 15. The van der Waals surface area contributed by atoms with Crippen LogP contribution in [0.25, 0.3) is 0 Å². The molecule has 7 nitrogen and oxygen atoms in total. The fourth-order valence-electron chi connectivity index (χ4n) is 4.86. The first-order valence-corrected chi connectivity index (χ1v) is 18.6. The maximum absolute atomic E-state index is 12.5. The van der Waals surface area contributed by atoms with Crippen LogP contribution >= 0.6 is 0 Å². The van der Waals surface area contributed by atoms with Crippen molar-refractivity contribution >= 4 is 9.84 Å². The van der Waals surface area contributed by atoms with Crippen molar-refractivity contribution in [3.63, 3.8) is 0 Å². The van der Waals surface area contributed by atoms with Crippen LogP contribution in [0.15, 0.2) is 0 Å². The van der Waals surface area contributed by atoms with Gasteiger partial charge in [0.1, 0.15) is 5.37 Å². The average molecular weight is 576 g/mol. The van der Waals surface area contributed by atoms with Crippen molar-refractivity contribution in [2.75, 3.05) is 51.6 Å². The third-order valence-electron chi connectivity index (χ3n) is 7.56. The summed E-state index contributed by atoms with van der Waals surface area (Å²) in [5.74, 6) is 0.246. The Morgan fingerprint density at radius 1 is 0.513 bits per heavy atom. The number of hydrogen-bond donors (Lipinski definition) is 5. The van der Waals surface area contributed by atoms with Crippen LogP contribution < -0.4 is 27.4 Å². The molecule has 0 aliphatic rings. The van der Waals surface area contributed by atoms with E-state index in [2.05, 4.69) is 22.9 Å². The molecule has 0 aliphatic carbocycles. The summed E-state index contributed by atoms with van der Waals surface area (Å²) in [5, 5.41) is 9.66. The molecule has 1 unspecified atom stereocenters. The lowest BCUT2D eigenvalue weighted by Gasteiger charge is -2.13. The zero-order chi connectivity index (χ0) is 28.7. The number of rotatable bonds is 33. The molecule has 0 rings (SSSR count). The fraction of sp³-hybridized carbons (Fsp3) is 1.00. The van der Waals surface area contributed by atoms with Crippen LogP contribution in [0.4, 0.5) is 0 Å². The highest BCUT2D eigenvalue weighted by Gasteiger charge is 2.20. The highest BCUT2D eigenvalue weighted by molar-refractivity contribution is 7.91. The summed E-state index contributed by atoms with van der Waals surface area (Å²) in [6.07, 6.45) is 24.9. The van der Waals surface area contributed by atoms with E-state index in [4.69, 9.17) is 11.5 Å². The molecule has 0 bridgehead atoms. The minimum atomic E-state index is -3.17. The Bertz CT molecular complexity index is 577. The first kappa shape index (κ1) is 38.8. The molecule has 8 heteroatoms. The van der Waals surface area contributed by atoms with E-state index >= 15 is 0 Å². The predicted molar refractivity (Wildman–Crippen MR) is 172 cm³/mol. The molecule has 0 radical (unpaired) electrons. The summed E-state index contributed by atoms with van der Waals surface area (Å²) in [5.41, 5.74) is 11.5. The van der Waals surface area contributed by atoms with Crippen LogP contribution in [0.1, 0.15) is 142 Å². The zero-order valence-corrected chi connectivity index (χ0v) is 26.8. The summed E-state index contributed by atoms with van der Waals surface area (Å²) in [6, 6.07) is 0. The first-order valence-electron chi connectivity index (χ1n) is 16.8. The lowest BCUT2D eigenvalue weighted by molar-refractivity contribution is 0.532. The van der Waals surface area contributed by atoms with Gasteiger partial charge < -0.3 is 27.4 Å². The molecule has 0 aromatic heterocycles. The first-order chi connectivity index (χ1) is 19.0. The number of sulfone groups is 1. The maximum Gasteiger partial charge on any atom is 0.165 e. The van der Waals surface area contributed by atoms with E-state index in [1.54, 1.807) is 0 Å². The smallest absolute Gasteiger partial charge is 0.165 e. The topological polar surface area (TPSA) is 122 Å². The van der Waals surface area contributed by atoms with Gasteiger partial charge in [0.15, 0.2) is 9.84 Å². The zero-order valence-electron chi connectivity index (χ0n) is 26.0. The molecule has 39 heavy (non-hydrogen) atoms. The second kappa shape index (κ2) is 30.7. The predicted octanol–water partition coefficient (Wildman–Crippen LogP) is 5.63. The second-order valence-corrected chi connectivity index (χ2v) is 13.8. The minimum Gasteiger partial charge on any atom is -0.330 e. The van der Waals surface area contributed by atoms with Crippen LogP contribution in [0, 0.1) is 0 Å². The normalized spacial score (nSPS) is 12.8. The van der Waals surface area contributed by atoms with Crippen LogP contribution in [0.3, 0.4) is 0 Å². The van der Waals surface area contributed by atoms with Crippen LogP contribution in [-0.4, -0.2) is 65.4 Å². The van der Waals surface area contributed by atoms with Crippen molar-refractivity contribution in [3.05, 3.63) is 0 Å². The van der Waals surface area contributed by atoms with Gasteiger partial charge in [-0.05, 0) is 97.2 Å². The van der Waals surface area contributed by atoms with Gasteiger partial charge in [0.2, 0.25) is 0 Å². The van der Waals surface area contributed by atoms with E-state index < -0.39 is 15.2 Å². The quantitative estimate of drug-likeness (QED) is 0.0643.